The lowest BCUT2D eigenvalue weighted by Crippen LogP contribution is -2.22. The largest absolute Gasteiger partial charge is 0.495 e. The number of aromatic carboxylic acids is 1. The monoisotopic (exact) mass is 481 g/mol. The van der Waals surface area contributed by atoms with Crippen LogP contribution in [0.1, 0.15) is 47.3 Å². The lowest BCUT2D eigenvalue weighted by Gasteiger charge is -2.16. The number of carbonyl (C=O) groups is 1. The van der Waals surface area contributed by atoms with Gasteiger partial charge in [-0.05, 0) is 42.3 Å². The number of rotatable bonds is 11. The average molecular weight is 482 g/mol. The number of nitrogens with zero attached hydrogens (tertiary/aromatic N) is 1. The molecule has 0 atom stereocenters. The third-order valence-electron chi connectivity index (χ3n) is 5.90. The summed E-state index contributed by atoms with van der Waals surface area (Å²) in [4.78, 5) is 14.6. The summed E-state index contributed by atoms with van der Waals surface area (Å²) in [6.45, 7) is 6.68. The zero-order valence-electron chi connectivity index (χ0n) is 19.8. The molecule has 0 aliphatic heterocycles. The minimum absolute atomic E-state index is 0.126. The van der Waals surface area contributed by atoms with E-state index in [2.05, 4.69) is 18.7 Å². The van der Waals surface area contributed by atoms with Crippen LogP contribution in [0.3, 0.4) is 0 Å². The summed E-state index contributed by atoms with van der Waals surface area (Å²) in [7, 11) is -2.43. The number of allylic oxidation sites excluding steroid dienone is 4. The van der Waals surface area contributed by atoms with E-state index in [1.54, 1.807) is 36.4 Å². The highest BCUT2D eigenvalue weighted by Gasteiger charge is 2.26. The van der Waals surface area contributed by atoms with Crippen LogP contribution in [0, 0.1) is 0 Å². The van der Waals surface area contributed by atoms with Crippen LogP contribution in [0.5, 0.6) is 5.75 Å². The smallest absolute Gasteiger partial charge is 0.339 e. The molecular formula is C27H31NO5S. The van der Waals surface area contributed by atoms with Crippen molar-refractivity contribution in [3.63, 3.8) is 0 Å². The molecular weight excluding hydrogens is 450 g/mol. The van der Waals surface area contributed by atoms with Crippen LogP contribution in [0.15, 0.2) is 65.6 Å². The van der Waals surface area contributed by atoms with Gasteiger partial charge in [-0.25, -0.2) is 13.2 Å². The van der Waals surface area contributed by atoms with Crippen LogP contribution in [-0.4, -0.2) is 51.1 Å². The van der Waals surface area contributed by atoms with E-state index >= 15 is 0 Å². The molecule has 0 unspecified atom stereocenters. The molecule has 0 aromatic heterocycles. The van der Waals surface area contributed by atoms with E-state index in [9.17, 15) is 18.3 Å². The zero-order chi connectivity index (χ0) is 24.7. The van der Waals surface area contributed by atoms with Gasteiger partial charge in [0.15, 0.2) is 9.84 Å². The number of methoxy groups -OCH3 is 1. The molecule has 0 bridgehead atoms. The molecule has 0 radical (unpaired) electrons. The predicted molar refractivity (Wildman–Crippen MR) is 136 cm³/mol. The van der Waals surface area contributed by atoms with Gasteiger partial charge in [0.2, 0.25) is 0 Å². The second-order valence-corrected chi connectivity index (χ2v) is 9.93. The van der Waals surface area contributed by atoms with Crippen molar-refractivity contribution >= 4 is 27.5 Å². The van der Waals surface area contributed by atoms with Crippen LogP contribution >= 0.6 is 0 Å². The van der Waals surface area contributed by atoms with Crippen molar-refractivity contribution in [2.45, 2.75) is 30.9 Å². The van der Waals surface area contributed by atoms with Gasteiger partial charge in [-0.15, -0.1) is 0 Å². The van der Waals surface area contributed by atoms with Crippen molar-refractivity contribution in [3.8, 4) is 5.75 Å². The number of benzene rings is 2. The van der Waals surface area contributed by atoms with Crippen LogP contribution in [0.2, 0.25) is 0 Å². The van der Waals surface area contributed by atoms with E-state index in [0.29, 0.717) is 17.7 Å². The van der Waals surface area contributed by atoms with Gasteiger partial charge in [-0.3, -0.25) is 0 Å². The number of likely N-dealkylation sites (N-methyl/N-ethyl adjacent to an activating group) is 1. The second kappa shape index (κ2) is 11.3. The van der Waals surface area contributed by atoms with E-state index in [1.807, 2.05) is 30.4 Å². The summed E-state index contributed by atoms with van der Waals surface area (Å²) in [6, 6.07) is 10.1. The molecule has 180 valence electrons. The maximum absolute atomic E-state index is 13.4. The van der Waals surface area contributed by atoms with Gasteiger partial charge in [0.25, 0.3) is 0 Å². The van der Waals surface area contributed by atoms with Gasteiger partial charge < -0.3 is 14.7 Å². The number of carboxylic acids is 1. The Hall–Kier alpha value is -3.16. The Morgan fingerprint density at radius 1 is 1.15 bits per heavy atom. The van der Waals surface area contributed by atoms with E-state index in [4.69, 9.17) is 4.74 Å². The first kappa shape index (κ1) is 25.5. The van der Waals surface area contributed by atoms with Gasteiger partial charge in [-0.1, -0.05) is 74.6 Å². The average Bonchev–Trinajstić information content (AvgIpc) is 3.36. The fourth-order valence-electron chi connectivity index (χ4n) is 4.07. The van der Waals surface area contributed by atoms with E-state index in [1.165, 1.54) is 7.11 Å². The fourth-order valence-corrected chi connectivity index (χ4v) is 5.66. The fraction of sp³-hybridized carbons (Fsp3) is 0.296. The Bertz CT molecular complexity index is 1240. The number of sulfone groups is 1. The lowest BCUT2D eigenvalue weighted by molar-refractivity contribution is 0.0692. The SMILES string of the molecule is CCN(CC)C/C=C\c1ccccc1S(=O)(=O)Cc1ccc(C2=CCC=C2)c(OC)c1C(=O)O. The standard InChI is InChI=1S/C27H31NO5S/c1-4-28(5-2)18-10-14-21-13-8-9-15-24(21)34(31,32)19-22-16-17-23(20-11-6-7-12-20)26(33-3)25(22)27(29)30/h6,8-17H,4-5,7,18-19H2,1-3H3,(H,29,30)/b14-10-. The third-order valence-corrected chi connectivity index (χ3v) is 7.63. The first-order valence-electron chi connectivity index (χ1n) is 11.3. The quantitative estimate of drug-likeness (QED) is 0.483. The topological polar surface area (TPSA) is 83.9 Å². The Morgan fingerprint density at radius 2 is 1.88 bits per heavy atom. The highest BCUT2D eigenvalue weighted by molar-refractivity contribution is 7.90. The molecule has 3 rings (SSSR count). The molecule has 0 heterocycles. The minimum atomic E-state index is -3.83. The summed E-state index contributed by atoms with van der Waals surface area (Å²) in [5.74, 6) is -1.49. The van der Waals surface area contributed by atoms with Crippen LogP contribution < -0.4 is 4.74 Å². The first-order chi connectivity index (χ1) is 16.3. The molecule has 7 heteroatoms. The maximum Gasteiger partial charge on any atom is 0.339 e. The van der Waals surface area contributed by atoms with Crippen molar-refractivity contribution in [3.05, 3.63) is 83.0 Å². The molecule has 2 aromatic rings. The van der Waals surface area contributed by atoms with E-state index < -0.39 is 21.6 Å². The van der Waals surface area contributed by atoms with Gasteiger partial charge in [-0.2, -0.15) is 0 Å². The molecule has 1 N–H and O–H groups in total. The second-order valence-electron chi connectivity index (χ2n) is 7.97. The van der Waals surface area contributed by atoms with E-state index in [0.717, 1.165) is 25.1 Å². The number of hydrogen-bond acceptors (Lipinski definition) is 5. The van der Waals surface area contributed by atoms with Crippen molar-refractivity contribution in [2.24, 2.45) is 0 Å². The summed E-state index contributed by atoms with van der Waals surface area (Å²) in [6.07, 6.45) is 10.4. The number of carboxylic acid groups (broad SMARTS) is 1. The van der Waals surface area contributed by atoms with E-state index in [-0.39, 0.29) is 21.8 Å². The molecule has 1 aliphatic carbocycles. The number of ether oxygens (including phenoxy) is 1. The van der Waals surface area contributed by atoms with Crippen molar-refractivity contribution in [1.29, 1.82) is 0 Å². The molecule has 1 aliphatic rings. The van der Waals surface area contributed by atoms with Crippen LogP contribution in [0.25, 0.3) is 11.6 Å². The normalized spacial score (nSPS) is 13.6. The molecule has 6 nitrogen and oxygen atoms in total. The molecule has 0 amide bonds. The minimum Gasteiger partial charge on any atom is -0.495 e. The summed E-state index contributed by atoms with van der Waals surface area (Å²) in [5, 5.41) is 9.95. The molecule has 0 saturated carbocycles. The predicted octanol–water partition coefficient (Wildman–Crippen LogP) is 5.07. The van der Waals surface area contributed by atoms with Gasteiger partial charge in [0, 0.05) is 12.1 Å². The molecule has 0 spiro atoms. The zero-order valence-corrected chi connectivity index (χ0v) is 20.6. The Morgan fingerprint density at radius 3 is 2.50 bits per heavy atom. The first-order valence-corrected chi connectivity index (χ1v) is 13.0. The third kappa shape index (κ3) is 5.66. The molecule has 0 fully saturated rings. The molecule has 2 aromatic carbocycles. The highest BCUT2D eigenvalue weighted by Crippen LogP contribution is 2.36. The Labute approximate surface area is 201 Å². The van der Waals surface area contributed by atoms with Crippen molar-refractivity contribution in [2.75, 3.05) is 26.7 Å². The lowest BCUT2D eigenvalue weighted by atomic mass is 9.98. The Kier molecular flexibility index (Phi) is 8.47. The van der Waals surface area contributed by atoms with Crippen molar-refractivity contribution in [1.82, 2.24) is 4.90 Å². The Balaban J connectivity index is 1.99. The highest BCUT2D eigenvalue weighted by atomic mass is 32.2. The van der Waals surface area contributed by atoms with Crippen LogP contribution in [-0.2, 0) is 15.6 Å². The van der Waals surface area contributed by atoms with Gasteiger partial charge in [0.1, 0.15) is 11.3 Å². The van der Waals surface area contributed by atoms with Gasteiger partial charge >= 0.3 is 5.97 Å². The maximum atomic E-state index is 13.4. The van der Waals surface area contributed by atoms with Crippen LogP contribution in [0.4, 0.5) is 0 Å². The summed E-state index contributed by atoms with van der Waals surface area (Å²) < 4.78 is 32.4. The summed E-state index contributed by atoms with van der Waals surface area (Å²) >= 11 is 0. The van der Waals surface area contributed by atoms with Crippen molar-refractivity contribution < 1.29 is 23.1 Å². The molecule has 0 saturated heterocycles. The van der Waals surface area contributed by atoms with Gasteiger partial charge in [0.05, 0.1) is 17.8 Å². The molecule has 34 heavy (non-hydrogen) atoms. The summed E-state index contributed by atoms with van der Waals surface area (Å²) in [5.41, 5.74) is 2.14. The number of hydrogen-bond donors (Lipinski definition) is 1.